The van der Waals surface area contributed by atoms with E-state index < -0.39 is 0 Å². The van der Waals surface area contributed by atoms with Crippen molar-refractivity contribution in [2.45, 2.75) is 44.7 Å². The van der Waals surface area contributed by atoms with Crippen LogP contribution in [0.4, 0.5) is 0 Å². The molecule has 0 aliphatic carbocycles. The Hall–Kier alpha value is -1.84. The molecule has 112 valence electrons. The van der Waals surface area contributed by atoms with Gasteiger partial charge >= 0.3 is 0 Å². The van der Waals surface area contributed by atoms with Gasteiger partial charge in [0.2, 0.25) is 11.8 Å². The summed E-state index contributed by atoms with van der Waals surface area (Å²) in [5.74, 6) is 0.268. The highest BCUT2D eigenvalue weighted by Gasteiger charge is 2.45. The molecule has 0 aromatic heterocycles. The minimum absolute atomic E-state index is 0.122. The number of hydrogen-bond donors (Lipinski definition) is 0. The second-order valence-corrected chi connectivity index (χ2v) is 5.99. The van der Waals surface area contributed by atoms with E-state index >= 15 is 0 Å². The molecule has 4 heteroatoms. The van der Waals surface area contributed by atoms with E-state index in [9.17, 15) is 9.59 Å². The van der Waals surface area contributed by atoms with Gasteiger partial charge < -0.3 is 9.80 Å². The standard InChI is InChI=1S/C17H22N2O2/c1-13-16(20)19-12-6-10-15(19)17(21)18(13)11-5-9-14-7-3-2-4-8-14/h2-4,7-8,13,15H,5-6,9-12H2,1H3. The molecule has 2 aliphatic heterocycles. The zero-order chi connectivity index (χ0) is 14.8. The van der Waals surface area contributed by atoms with Crippen LogP contribution in [0.2, 0.25) is 0 Å². The predicted molar refractivity (Wildman–Crippen MR) is 80.7 cm³/mol. The van der Waals surface area contributed by atoms with Gasteiger partial charge in [-0.05, 0) is 38.2 Å². The van der Waals surface area contributed by atoms with E-state index in [1.54, 1.807) is 9.80 Å². The van der Waals surface area contributed by atoms with Crippen molar-refractivity contribution in [3.63, 3.8) is 0 Å². The third-order valence-corrected chi connectivity index (χ3v) is 4.64. The molecule has 21 heavy (non-hydrogen) atoms. The Morgan fingerprint density at radius 1 is 1.14 bits per heavy atom. The molecule has 1 aromatic carbocycles. The number of hydrogen-bond acceptors (Lipinski definition) is 2. The second kappa shape index (κ2) is 5.88. The van der Waals surface area contributed by atoms with Crippen LogP contribution in [-0.2, 0) is 16.0 Å². The first-order chi connectivity index (χ1) is 10.2. The molecule has 2 atom stereocenters. The second-order valence-electron chi connectivity index (χ2n) is 5.99. The van der Waals surface area contributed by atoms with Crippen LogP contribution < -0.4 is 0 Å². The lowest BCUT2D eigenvalue weighted by molar-refractivity contribution is -0.158. The summed E-state index contributed by atoms with van der Waals surface area (Å²) in [5.41, 5.74) is 1.28. The van der Waals surface area contributed by atoms with E-state index in [1.807, 2.05) is 25.1 Å². The van der Waals surface area contributed by atoms with E-state index in [0.29, 0.717) is 6.54 Å². The Morgan fingerprint density at radius 2 is 1.90 bits per heavy atom. The average molecular weight is 286 g/mol. The first-order valence-corrected chi connectivity index (χ1v) is 7.83. The molecule has 2 fully saturated rings. The van der Waals surface area contributed by atoms with E-state index in [4.69, 9.17) is 0 Å². The molecule has 3 rings (SSSR count). The van der Waals surface area contributed by atoms with Gasteiger partial charge in [-0.25, -0.2) is 0 Å². The average Bonchev–Trinajstić information content (AvgIpc) is 2.99. The summed E-state index contributed by atoms with van der Waals surface area (Å²) in [6, 6.07) is 9.78. The van der Waals surface area contributed by atoms with Gasteiger partial charge in [-0.2, -0.15) is 0 Å². The van der Waals surface area contributed by atoms with Gasteiger partial charge in [-0.1, -0.05) is 30.3 Å². The van der Waals surface area contributed by atoms with Gasteiger partial charge in [-0.3, -0.25) is 9.59 Å². The summed E-state index contributed by atoms with van der Waals surface area (Å²) in [6.07, 6.45) is 3.62. The minimum Gasteiger partial charge on any atom is -0.329 e. The third-order valence-electron chi connectivity index (χ3n) is 4.64. The fourth-order valence-corrected chi connectivity index (χ4v) is 3.44. The van der Waals surface area contributed by atoms with Crippen molar-refractivity contribution in [1.29, 1.82) is 0 Å². The maximum Gasteiger partial charge on any atom is 0.246 e. The summed E-state index contributed by atoms with van der Waals surface area (Å²) in [6.45, 7) is 3.28. The maximum absolute atomic E-state index is 12.5. The maximum atomic E-state index is 12.5. The van der Waals surface area contributed by atoms with Gasteiger partial charge in [0.15, 0.2) is 0 Å². The summed E-state index contributed by atoms with van der Waals surface area (Å²) >= 11 is 0. The lowest BCUT2D eigenvalue weighted by Crippen LogP contribution is -2.61. The monoisotopic (exact) mass is 286 g/mol. The van der Waals surface area contributed by atoms with E-state index in [0.717, 1.165) is 32.2 Å². The van der Waals surface area contributed by atoms with Gasteiger partial charge in [0.05, 0.1) is 0 Å². The number of benzene rings is 1. The molecule has 0 spiro atoms. The highest BCUT2D eigenvalue weighted by Crippen LogP contribution is 2.26. The van der Waals surface area contributed by atoms with Gasteiger partial charge in [0, 0.05) is 13.1 Å². The Balaban J connectivity index is 1.61. The van der Waals surface area contributed by atoms with Crippen LogP contribution in [0, 0.1) is 0 Å². The highest BCUT2D eigenvalue weighted by molar-refractivity contribution is 5.97. The van der Waals surface area contributed by atoms with Crippen LogP contribution in [0.15, 0.2) is 30.3 Å². The van der Waals surface area contributed by atoms with Crippen LogP contribution >= 0.6 is 0 Å². The normalized spacial score (nSPS) is 25.4. The largest absolute Gasteiger partial charge is 0.329 e. The Kier molecular flexibility index (Phi) is 3.95. The summed E-state index contributed by atoms with van der Waals surface area (Å²) in [7, 11) is 0. The topological polar surface area (TPSA) is 40.6 Å². The number of piperazine rings is 1. The number of fused-ring (bicyclic) bond motifs is 1. The number of carbonyl (C=O) groups is 2. The minimum atomic E-state index is -0.303. The van der Waals surface area contributed by atoms with Crippen LogP contribution in [-0.4, -0.2) is 46.8 Å². The smallest absolute Gasteiger partial charge is 0.246 e. The zero-order valence-corrected chi connectivity index (χ0v) is 12.5. The highest BCUT2D eigenvalue weighted by atomic mass is 16.2. The van der Waals surface area contributed by atoms with Crippen molar-refractivity contribution >= 4 is 11.8 Å². The molecule has 0 saturated carbocycles. The number of nitrogens with zero attached hydrogens (tertiary/aromatic N) is 2. The number of aryl methyl sites for hydroxylation is 1. The molecule has 4 nitrogen and oxygen atoms in total. The van der Waals surface area contributed by atoms with Crippen molar-refractivity contribution in [3.05, 3.63) is 35.9 Å². The van der Waals surface area contributed by atoms with Crippen LogP contribution in [0.1, 0.15) is 31.7 Å². The summed E-state index contributed by atoms with van der Waals surface area (Å²) < 4.78 is 0. The fraction of sp³-hybridized carbons (Fsp3) is 0.529. The third kappa shape index (κ3) is 2.67. The van der Waals surface area contributed by atoms with Gasteiger partial charge in [0.1, 0.15) is 12.1 Å². The van der Waals surface area contributed by atoms with Crippen LogP contribution in [0.25, 0.3) is 0 Å². The SMILES string of the molecule is CC1C(=O)N2CCCC2C(=O)N1CCCc1ccccc1. The molecule has 2 heterocycles. The number of rotatable bonds is 4. The first kappa shape index (κ1) is 14.1. The first-order valence-electron chi connectivity index (χ1n) is 7.83. The van der Waals surface area contributed by atoms with Gasteiger partial charge in [0.25, 0.3) is 0 Å². The van der Waals surface area contributed by atoms with Crippen molar-refractivity contribution in [1.82, 2.24) is 9.80 Å². The Bertz CT molecular complexity index is 529. The predicted octanol–water partition coefficient (Wildman–Crippen LogP) is 1.84. The van der Waals surface area contributed by atoms with Gasteiger partial charge in [-0.15, -0.1) is 0 Å². The molecule has 0 radical (unpaired) electrons. The lowest BCUT2D eigenvalue weighted by Gasteiger charge is -2.41. The zero-order valence-electron chi connectivity index (χ0n) is 12.5. The van der Waals surface area contributed by atoms with Crippen molar-refractivity contribution in [2.75, 3.05) is 13.1 Å². The molecule has 2 unspecified atom stereocenters. The quantitative estimate of drug-likeness (QED) is 0.847. The van der Waals surface area contributed by atoms with E-state index in [-0.39, 0.29) is 23.9 Å². The molecular weight excluding hydrogens is 264 g/mol. The fourth-order valence-electron chi connectivity index (χ4n) is 3.44. The van der Waals surface area contributed by atoms with E-state index in [2.05, 4.69) is 12.1 Å². The molecule has 2 amide bonds. The van der Waals surface area contributed by atoms with Crippen LogP contribution in [0.3, 0.4) is 0 Å². The van der Waals surface area contributed by atoms with E-state index in [1.165, 1.54) is 5.56 Å². The summed E-state index contributed by atoms with van der Waals surface area (Å²) in [5, 5.41) is 0. The van der Waals surface area contributed by atoms with Crippen molar-refractivity contribution < 1.29 is 9.59 Å². The molecule has 0 N–H and O–H groups in total. The molecule has 0 bridgehead atoms. The van der Waals surface area contributed by atoms with Crippen LogP contribution in [0.5, 0.6) is 0 Å². The molecule has 2 saturated heterocycles. The Labute approximate surface area is 125 Å². The molecular formula is C17H22N2O2. The molecule has 2 aliphatic rings. The van der Waals surface area contributed by atoms with Crippen molar-refractivity contribution in [3.8, 4) is 0 Å². The Morgan fingerprint density at radius 3 is 2.67 bits per heavy atom. The molecule has 1 aromatic rings. The number of carbonyl (C=O) groups excluding carboxylic acids is 2. The summed E-state index contributed by atoms with van der Waals surface area (Å²) in [4.78, 5) is 28.4. The van der Waals surface area contributed by atoms with Crippen molar-refractivity contribution in [2.24, 2.45) is 0 Å². The number of amides is 2. The lowest BCUT2D eigenvalue weighted by atomic mass is 10.0.